The lowest BCUT2D eigenvalue weighted by atomic mass is 9.90. The lowest BCUT2D eigenvalue weighted by molar-refractivity contribution is -0.137. The van der Waals surface area contributed by atoms with E-state index in [-0.39, 0.29) is 18.1 Å². The number of rotatable bonds is 5. The molecule has 5 heteroatoms. The molecular formula is C13H14BrFO3. The third kappa shape index (κ3) is 2.83. The monoisotopic (exact) mass is 316 g/mol. The highest BCUT2D eigenvalue weighted by Crippen LogP contribution is 2.48. The SMILES string of the molecule is COc1c(F)cc(Br)cc1C(CC(=O)O)C1CC1. The fraction of sp³-hybridized carbons (Fsp3) is 0.462. The van der Waals surface area contributed by atoms with Gasteiger partial charge in [-0.2, -0.15) is 0 Å². The largest absolute Gasteiger partial charge is 0.493 e. The molecule has 0 spiro atoms. The third-order valence-corrected chi connectivity index (χ3v) is 3.68. The van der Waals surface area contributed by atoms with Gasteiger partial charge in [0.2, 0.25) is 0 Å². The molecule has 1 saturated carbocycles. The smallest absolute Gasteiger partial charge is 0.303 e. The van der Waals surface area contributed by atoms with E-state index in [1.54, 1.807) is 6.07 Å². The van der Waals surface area contributed by atoms with Crippen molar-refractivity contribution in [1.29, 1.82) is 0 Å². The van der Waals surface area contributed by atoms with Crippen molar-refractivity contribution in [1.82, 2.24) is 0 Å². The van der Waals surface area contributed by atoms with Gasteiger partial charge in [0.1, 0.15) is 0 Å². The number of hydrogen-bond donors (Lipinski definition) is 1. The highest BCUT2D eigenvalue weighted by Gasteiger charge is 2.36. The van der Waals surface area contributed by atoms with E-state index in [0.29, 0.717) is 16.0 Å². The first-order chi connectivity index (χ1) is 8.52. The molecule has 2 rings (SSSR count). The molecule has 1 unspecified atom stereocenters. The standard InChI is InChI=1S/C13H14BrFO3/c1-18-13-10(4-8(14)5-11(13)15)9(6-12(16)17)7-2-3-7/h4-5,7,9H,2-3,6H2,1H3,(H,16,17). The van der Waals surface area contributed by atoms with Crippen LogP contribution in [0.15, 0.2) is 16.6 Å². The van der Waals surface area contributed by atoms with Gasteiger partial charge >= 0.3 is 5.97 Å². The van der Waals surface area contributed by atoms with Gasteiger partial charge in [0.05, 0.1) is 13.5 Å². The zero-order valence-electron chi connectivity index (χ0n) is 9.95. The number of ether oxygens (including phenoxy) is 1. The average Bonchev–Trinajstić information content (AvgIpc) is 3.08. The Hall–Kier alpha value is -1.10. The van der Waals surface area contributed by atoms with Gasteiger partial charge in [0.25, 0.3) is 0 Å². The van der Waals surface area contributed by atoms with Gasteiger partial charge < -0.3 is 9.84 Å². The molecule has 1 aliphatic rings. The minimum absolute atomic E-state index is 0.0108. The second kappa shape index (κ2) is 5.26. The zero-order chi connectivity index (χ0) is 13.3. The summed E-state index contributed by atoms with van der Waals surface area (Å²) < 4.78 is 19.5. The summed E-state index contributed by atoms with van der Waals surface area (Å²) >= 11 is 3.24. The molecule has 1 atom stereocenters. The van der Waals surface area contributed by atoms with Gasteiger partial charge in [-0.15, -0.1) is 0 Å². The van der Waals surface area contributed by atoms with E-state index < -0.39 is 11.8 Å². The summed E-state index contributed by atoms with van der Waals surface area (Å²) in [5.74, 6) is -1.02. The van der Waals surface area contributed by atoms with E-state index >= 15 is 0 Å². The molecule has 0 aromatic heterocycles. The lowest BCUT2D eigenvalue weighted by Crippen LogP contribution is -2.10. The van der Waals surface area contributed by atoms with Crippen molar-refractivity contribution in [3.8, 4) is 5.75 Å². The van der Waals surface area contributed by atoms with Crippen LogP contribution >= 0.6 is 15.9 Å². The Morgan fingerprint density at radius 3 is 2.78 bits per heavy atom. The lowest BCUT2D eigenvalue weighted by Gasteiger charge is -2.18. The summed E-state index contributed by atoms with van der Waals surface area (Å²) in [4.78, 5) is 10.9. The molecule has 0 heterocycles. The third-order valence-electron chi connectivity index (χ3n) is 3.23. The van der Waals surface area contributed by atoms with Crippen molar-refractivity contribution in [3.63, 3.8) is 0 Å². The van der Waals surface area contributed by atoms with Crippen LogP contribution in [0.4, 0.5) is 4.39 Å². The number of aliphatic carboxylic acids is 1. The van der Waals surface area contributed by atoms with E-state index in [1.165, 1.54) is 13.2 Å². The quantitative estimate of drug-likeness (QED) is 0.903. The van der Waals surface area contributed by atoms with Crippen LogP contribution in [0.3, 0.4) is 0 Å². The Bertz CT molecular complexity index is 472. The molecule has 0 saturated heterocycles. The van der Waals surface area contributed by atoms with Gasteiger partial charge in [0.15, 0.2) is 11.6 Å². The van der Waals surface area contributed by atoms with Crippen LogP contribution in [-0.4, -0.2) is 18.2 Å². The van der Waals surface area contributed by atoms with Crippen LogP contribution in [-0.2, 0) is 4.79 Å². The predicted octanol–water partition coefficient (Wildman–Crippen LogP) is 3.57. The second-order valence-electron chi connectivity index (χ2n) is 4.55. The maximum atomic E-state index is 13.8. The van der Waals surface area contributed by atoms with Gasteiger partial charge in [-0.25, -0.2) is 4.39 Å². The number of benzene rings is 1. The van der Waals surface area contributed by atoms with Crippen LogP contribution in [0.2, 0.25) is 0 Å². The molecule has 3 nitrogen and oxygen atoms in total. The van der Waals surface area contributed by atoms with Crippen LogP contribution in [0, 0.1) is 11.7 Å². The van der Waals surface area contributed by atoms with E-state index in [0.717, 1.165) is 12.8 Å². The van der Waals surface area contributed by atoms with Crippen LogP contribution in [0.5, 0.6) is 5.75 Å². The van der Waals surface area contributed by atoms with Gasteiger partial charge in [-0.1, -0.05) is 15.9 Å². The van der Waals surface area contributed by atoms with Crippen molar-refractivity contribution in [3.05, 3.63) is 28.0 Å². The molecule has 1 aromatic rings. The first-order valence-corrected chi connectivity index (χ1v) is 6.57. The summed E-state index contributed by atoms with van der Waals surface area (Å²) in [7, 11) is 1.40. The number of carboxylic acid groups (broad SMARTS) is 1. The second-order valence-corrected chi connectivity index (χ2v) is 5.47. The number of carboxylic acids is 1. The molecule has 18 heavy (non-hydrogen) atoms. The Balaban J connectivity index is 2.42. The van der Waals surface area contributed by atoms with Crippen molar-refractivity contribution >= 4 is 21.9 Å². The minimum Gasteiger partial charge on any atom is -0.493 e. The Morgan fingerprint density at radius 2 is 2.28 bits per heavy atom. The fourth-order valence-corrected chi connectivity index (χ4v) is 2.74. The first-order valence-electron chi connectivity index (χ1n) is 5.77. The van der Waals surface area contributed by atoms with Crippen molar-refractivity contribution in [2.45, 2.75) is 25.2 Å². The van der Waals surface area contributed by atoms with Crippen molar-refractivity contribution in [2.24, 2.45) is 5.92 Å². The molecule has 1 aromatic carbocycles. The Morgan fingerprint density at radius 1 is 1.61 bits per heavy atom. The van der Waals surface area contributed by atoms with Gasteiger partial charge in [-0.3, -0.25) is 4.79 Å². The molecule has 1 N–H and O–H groups in total. The topological polar surface area (TPSA) is 46.5 Å². The normalized spacial score (nSPS) is 16.4. The molecule has 0 radical (unpaired) electrons. The summed E-state index contributed by atoms with van der Waals surface area (Å²) in [6.45, 7) is 0. The summed E-state index contributed by atoms with van der Waals surface area (Å²) in [5.41, 5.74) is 0.647. The summed E-state index contributed by atoms with van der Waals surface area (Å²) in [6.07, 6.45) is 2.00. The van der Waals surface area contributed by atoms with E-state index in [2.05, 4.69) is 15.9 Å². The number of halogens is 2. The van der Waals surface area contributed by atoms with Crippen molar-refractivity contribution < 1.29 is 19.0 Å². The zero-order valence-corrected chi connectivity index (χ0v) is 11.5. The highest BCUT2D eigenvalue weighted by atomic mass is 79.9. The first kappa shape index (κ1) is 13.3. The number of hydrogen-bond acceptors (Lipinski definition) is 2. The summed E-state index contributed by atoms with van der Waals surface area (Å²) in [5, 5.41) is 8.98. The van der Waals surface area contributed by atoms with Gasteiger partial charge in [0, 0.05) is 16.0 Å². The molecule has 98 valence electrons. The fourth-order valence-electron chi connectivity index (χ4n) is 2.29. The number of carbonyl (C=O) groups is 1. The molecule has 0 aliphatic heterocycles. The van der Waals surface area contributed by atoms with Crippen LogP contribution < -0.4 is 4.74 Å². The van der Waals surface area contributed by atoms with Crippen LogP contribution in [0.1, 0.15) is 30.7 Å². The van der Waals surface area contributed by atoms with Crippen LogP contribution in [0.25, 0.3) is 0 Å². The maximum absolute atomic E-state index is 13.8. The maximum Gasteiger partial charge on any atom is 0.303 e. The van der Waals surface area contributed by atoms with E-state index in [9.17, 15) is 9.18 Å². The Labute approximate surface area is 113 Å². The Kier molecular flexibility index (Phi) is 3.90. The minimum atomic E-state index is -0.866. The highest BCUT2D eigenvalue weighted by molar-refractivity contribution is 9.10. The molecular weight excluding hydrogens is 303 g/mol. The van der Waals surface area contributed by atoms with Crippen molar-refractivity contribution in [2.75, 3.05) is 7.11 Å². The summed E-state index contributed by atoms with van der Waals surface area (Å²) in [6, 6.07) is 3.08. The van der Waals surface area contributed by atoms with E-state index in [1.807, 2.05) is 0 Å². The van der Waals surface area contributed by atoms with Gasteiger partial charge in [-0.05, 0) is 30.9 Å². The average molecular weight is 317 g/mol. The predicted molar refractivity (Wildman–Crippen MR) is 68.4 cm³/mol. The molecule has 0 amide bonds. The molecule has 1 aliphatic carbocycles. The molecule has 0 bridgehead atoms. The van der Waals surface area contributed by atoms with E-state index in [4.69, 9.17) is 9.84 Å². The number of methoxy groups -OCH3 is 1. The molecule has 1 fully saturated rings.